The third-order valence-corrected chi connectivity index (χ3v) is 3.37. The number of benzene rings is 2. The monoisotopic (exact) mass is 400 g/mol. The number of nitro groups is 1. The van der Waals surface area contributed by atoms with Gasteiger partial charge >= 0.3 is 0 Å². The van der Waals surface area contributed by atoms with Crippen molar-refractivity contribution in [3.05, 3.63) is 70.3 Å². The highest BCUT2D eigenvalue weighted by molar-refractivity contribution is 5.85. The Labute approximate surface area is 166 Å². The first-order valence-electron chi connectivity index (χ1n) is 7.93. The number of nitro benzene ring substituents is 1. The Hall–Kier alpha value is -3.79. The fourth-order valence-electron chi connectivity index (χ4n) is 2.09. The van der Waals surface area contributed by atoms with Crippen LogP contribution in [0.4, 0.5) is 29.2 Å². The van der Waals surface area contributed by atoms with Crippen LogP contribution in [0, 0.1) is 10.1 Å². The molecule has 3 N–H and O–H groups in total. The molecule has 28 heavy (non-hydrogen) atoms. The minimum Gasteiger partial charge on any atom is -0.357 e. The largest absolute Gasteiger partial charge is 0.357 e. The smallest absolute Gasteiger partial charge is 0.269 e. The number of hydrazone groups is 1. The SMILES string of the molecule is CNc1nc(NN=Cc2ccc([N+](=O)[O-])cc2)nc(Nc2ccccc2)n1.Cl. The van der Waals surface area contributed by atoms with E-state index in [2.05, 4.69) is 36.1 Å². The van der Waals surface area contributed by atoms with Crippen molar-refractivity contribution < 1.29 is 4.92 Å². The molecular weight excluding hydrogens is 384 g/mol. The van der Waals surface area contributed by atoms with E-state index in [4.69, 9.17) is 0 Å². The highest BCUT2D eigenvalue weighted by atomic mass is 35.5. The molecule has 144 valence electrons. The van der Waals surface area contributed by atoms with Crippen LogP contribution in [-0.4, -0.2) is 33.1 Å². The summed E-state index contributed by atoms with van der Waals surface area (Å²) in [5.41, 5.74) is 4.28. The van der Waals surface area contributed by atoms with E-state index in [0.29, 0.717) is 17.5 Å². The van der Waals surface area contributed by atoms with Gasteiger partial charge in [0.05, 0.1) is 11.1 Å². The van der Waals surface area contributed by atoms with Gasteiger partial charge in [0.1, 0.15) is 0 Å². The molecule has 0 saturated carbocycles. The highest BCUT2D eigenvalue weighted by Gasteiger charge is 2.06. The predicted octanol–water partition coefficient (Wildman–Crippen LogP) is 3.43. The minimum atomic E-state index is -0.454. The van der Waals surface area contributed by atoms with E-state index in [0.717, 1.165) is 5.69 Å². The summed E-state index contributed by atoms with van der Waals surface area (Å²) in [6, 6.07) is 15.5. The second-order valence-electron chi connectivity index (χ2n) is 5.27. The maximum atomic E-state index is 10.7. The molecule has 3 aromatic rings. The molecule has 0 aliphatic carbocycles. The number of nitrogens with one attached hydrogen (secondary N) is 3. The molecule has 0 bridgehead atoms. The third-order valence-electron chi connectivity index (χ3n) is 3.37. The van der Waals surface area contributed by atoms with Crippen LogP contribution in [0.3, 0.4) is 0 Å². The lowest BCUT2D eigenvalue weighted by molar-refractivity contribution is -0.384. The minimum absolute atomic E-state index is 0. The maximum Gasteiger partial charge on any atom is 0.269 e. The lowest BCUT2D eigenvalue weighted by Gasteiger charge is -2.08. The van der Waals surface area contributed by atoms with Crippen molar-refractivity contribution in [1.29, 1.82) is 0 Å². The average molecular weight is 401 g/mol. The molecule has 0 saturated heterocycles. The van der Waals surface area contributed by atoms with Gasteiger partial charge in [-0.25, -0.2) is 5.43 Å². The maximum absolute atomic E-state index is 10.7. The molecular formula is C17H17ClN8O2. The molecule has 1 heterocycles. The molecule has 0 fully saturated rings. The number of rotatable bonds is 7. The van der Waals surface area contributed by atoms with Gasteiger partial charge in [-0.05, 0) is 29.8 Å². The molecule has 0 unspecified atom stereocenters. The summed E-state index contributed by atoms with van der Waals surface area (Å²) in [7, 11) is 1.70. The molecule has 0 amide bonds. The van der Waals surface area contributed by atoms with Crippen molar-refractivity contribution in [1.82, 2.24) is 15.0 Å². The van der Waals surface area contributed by atoms with Crippen molar-refractivity contribution >= 4 is 47.8 Å². The lowest BCUT2D eigenvalue weighted by Crippen LogP contribution is -2.07. The first-order chi connectivity index (χ1) is 13.1. The number of halogens is 1. The third kappa shape index (κ3) is 5.61. The molecule has 0 spiro atoms. The van der Waals surface area contributed by atoms with E-state index >= 15 is 0 Å². The van der Waals surface area contributed by atoms with E-state index < -0.39 is 4.92 Å². The fourth-order valence-corrected chi connectivity index (χ4v) is 2.09. The van der Waals surface area contributed by atoms with Crippen LogP contribution >= 0.6 is 12.4 Å². The van der Waals surface area contributed by atoms with Crippen LogP contribution in [-0.2, 0) is 0 Å². The summed E-state index contributed by atoms with van der Waals surface area (Å²) in [4.78, 5) is 22.9. The van der Waals surface area contributed by atoms with Gasteiger partial charge in [0, 0.05) is 24.9 Å². The van der Waals surface area contributed by atoms with Crippen LogP contribution in [0.2, 0.25) is 0 Å². The van der Waals surface area contributed by atoms with Crippen molar-refractivity contribution in [2.45, 2.75) is 0 Å². The zero-order chi connectivity index (χ0) is 19.1. The van der Waals surface area contributed by atoms with Crippen molar-refractivity contribution in [3.63, 3.8) is 0 Å². The zero-order valence-corrected chi connectivity index (χ0v) is 15.6. The Morgan fingerprint density at radius 3 is 2.25 bits per heavy atom. The molecule has 0 aliphatic heterocycles. The normalized spacial score (nSPS) is 10.2. The van der Waals surface area contributed by atoms with E-state index in [-0.39, 0.29) is 24.0 Å². The van der Waals surface area contributed by atoms with Gasteiger partial charge in [-0.1, -0.05) is 18.2 Å². The van der Waals surface area contributed by atoms with Crippen molar-refractivity contribution in [3.8, 4) is 0 Å². The van der Waals surface area contributed by atoms with Gasteiger partial charge in [0.2, 0.25) is 17.8 Å². The summed E-state index contributed by atoms with van der Waals surface area (Å²) < 4.78 is 0. The molecule has 0 radical (unpaired) electrons. The standard InChI is InChI=1S/C17H16N8O2.ClH/c1-18-15-21-16(20-13-5-3-2-4-6-13)23-17(22-15)24-19-11-12-7-9-14(10-8-12)25(26)27;/h2-11H,1H3,(H3,18,20,21,22,23,24);1H. The van der Waals surface area contributed by atoms with E-state index in [9.17, 15) is 10.1 Å². The number of para-hydroxylation sites is 1. The average Bonchev–Trinajstić information content (AvgIpc) is 2.69. The molecule has 10 nitrogen and oxygen atoms in total. The topological polar surface area (TPSA) is 130 Å². The number of nitrogens with zero attached hydrogens (tertiary/aromatic N) is 5. The Kier molecular flexibility index (Phi) is 7.17. The van der Waals surface area contributed by atoms with Gasteiger partial charge in [-0.3, -0.25) is 10.1 Å². The van der Waals surface area contributed by atoms with Crippen LogP contribution in [0.1, 0.15) is 5.56 Å². The summed E-state index contributed by atoms with van der Waals surface area (Å²) in [6.07, 6.45) is 1.51. The van der Waals surface area contributed by atoms with Gasteiger partial charge in [-0.15, -0.1) is 12.4 Å². The number of hydrogen-bond acceptors (Lipinski definition) is 9. The summed E-state index contributed by atoms with van der Waals surface area (Å²) in [5.74, 6) is 0.969. The van der Waals surface area contributed by atoms with Gasteiger partial charge in [0.15, 0.2) is 0 Å². The van der Waals surface area contributed by atoms with Crippen LogP contribution < -0.4 is 16.1 Å². The van der Waals surface area contributed by atoms with Crippen molar-refractivity contribution in [2.24, 2.45) is 5.10 Å². The number of anilines is 4. The second-order valence-corrected chi connectivity index (χ2v) is 5.27. The van der Waals surface area contributed by atoms with Crippen LogP contribution in [0.15, 0.2) is 59.7 Å². The van der Waals surface area contributed by atoms with Crippen LogP contribution in [0.5, 0.6) is 0 Å². The Morgan fingerprint density at radius 2 is 1.61 bits per heavy atom. The number of non-ortho nitro benzene ring substituents is 1. The lowest BCUT2D eigenvalue weighted by atomic mass is 10.2. The van der Waals surface area contributed by atoms with E-state index in [1.54, 1.807) is 19.2 Å². The first-order valence-corrected chi connectivity index (χ1v) is 7.93. The molecule has 1 aromatic heterocycles. The summed E-state index contributed by atoms with van der Waals surface area (Å²) in [6.45, 7) is 0. The fraction of sp³-hybridized carbons (Fsp3) is 0.0588. The quantitative estimate of drug-likeness (QED) is 0.312. The second kappa shape index (κ2) is 9.78. The Morgan fingerprint density at radius 1 is 0.964 bits per heavy atom. The van der Waals surface area contributed by atoms with Gasteiger partial charge < -0.3 is 10.6 Å². The molecule has 3 rings (SSSR count). The molecule has 0 atom stereocenters. The Bertz CT molecular complexity index is 951. The predicted molar refractivity (Wildman–Crippen MR) is 111 cm³/mol. The molecule has 0 aliphatic rings. The molecule has 11 heteroatoms. The van der Waals surface area contributed by atoms with E-state index in [1.807, 2.05) is 30.3 Å². The van der Waals surface area contributed by atoms with E-state index in [1.165, 1.54) is 18.3 Å². The summed E-state index contributed by atoms with van der Waals surface area (Å²) >= 11 is 0. The van der Waals surface area contributed by atoms with Crippen LogP contribution in [0.25, 0.3) is 0 Å². The number of aromatic nitrogens is 3. The highest BCUT2D eigenvalue weighted by Crippen LogP contribution is 2.15. The van der Waals surface area contributed by atoms with Gasteiger partial charge in [-0.2, -0.15) is 20.1 Å². The first kappa shape index (κ1) is 20.5. The number of hydrogen-bond donors (Lipinski definition) is 3. The molecule has 2 aromatic carbocycles. The van der Waals surface area contributed by atoms with Gasteiger partial charge in [0.25, 0.3) is 5.69 Å². The summed E-state index contributed by atoms with van der Waals surface area (Å²) in [5, 5.41) is 20.7. The zero-order valence-electron chi connectivity index (χ0n) is 14.7. The Balaban J connectivity index is 0.00000280. The van der Waals surface area contributed by atoms with Crippen molar-refractivity contribution in [2.75, 3.05) is 23.1 Å².